The Hall–Kier alpha value is -0.810. The van der Waals surface area contributed by atoms with Gasteiger partial charge in [0.25, 0.3) is 0 Å². The van der Waals surface area contributed by atoms with Gasteiger partial charge in [-0.3, -0.25) is 0 Å². The van der Waals surface area contributed by atoms with Gasteiger partial charge in [0.05, 0.1) is 0 Å². The van der Waals surface area contributed by atoms with Gasteiger partial charge in [-0.25, -0.2) is 9.97 Å². The molecule has 0 aromatic carbocycles. The average Bonchev–Trinajstić information content (AvgIpc) is 2.35. The fourth-order valence-corrected chi connectivity index (χ4v) is 2.04. The molecule has 0 radical (unpaired) electrons. The molecule has 4 nitrogen and oxygen atoms in total. The predicted octanol–water partition coefficient (Wildman–Crippen LogP) is 1.80. The number of aromatic nitrogens is 2. The lowest BCUT2D eigenvalue weighted by molar-refractivity contribution is 0.250. The highest BCUT2D eigenvalue weighted by atomic mass is 32.2. The molecule has 0 amide bonds. The molecule has 16 heavy (non-hydrogen) atoms. The first-order valence-electron chi connectivity index (χ1n) is 5.49. The molecule has 1 heterocycles. The van der Waals surface area contributed by atoms with E-state index in [-0.39, 0.29) is 6.61 Å². The summed E-state index contributed by atoms with van der Waals surface area (Å²) in [5.74, 6) is 2.87. The van der Waals surface area contributed by atoms with Gasteiger partial charge in [0, 0.05) is 31.9 Å². The number of anilines is 1. The molecule has 0 saturated carbocycles. The van der Waals surface area contributed by atoms with Gasteiger partial charge in [0.2, 0.25) is 0 Å². The summed E-state index contributed by atoms with van der Waals surface area (Å²) >= 11 is 1.66. The highest BCUT2D eigenvalue weighted by molar-refractivity contribution is 7.99. The molecule has 1 rings (SSSR count). The summed E-state index contributed by atoms with van der Waals surface area (Å²) in [5, 5.41) is 13.0. The molecule has 0 saturated heterocycles. The van der Waals surface area contributed by atoms with E-state index in [9.17, 15) is 0 Å². The Balaban J connectivity index is 2.71. The third-order valence-electron chi connectivity index (χ3n) is 2.15. The molecule has 0 spiro atoms. The van der Waals surface area contributed by atoms with Gasteiger partial charge in [0.1, 0.15) is 16.7 Å². The molecule has 0 fully saturated rings. The lowest BCUT2D eigenvalue weighted by atomic mass is 10.2. The average molecular weight is 241 g/mol. The summed E-state index contributed by atoms with van der Waals surface area (Å²) < 4.78 is 0. The fraction of sp³-hybridized carbons (Fsp3) is 0.636. The largest absolute Gasteiger partial charge is 0.396 e. The third kappa shape index (κ3) is 3.98. The van der Waals surface area contributed by atoms with E-state index in [1.165, 1.54) is 0 Å². The van der Waals surface area contributed by atoms with Crippen molar-refractivity contribution in [2.24, 2.45) is 5.92 Å². The van der Waals surface area contributed by atoms with Crippen LogP contribution in [0.1, 0.15) is 19.7 Å². The maximum Gasteiger partial charge on any atom is 0.131 e. The molecule has 0 aliphatic rings. The van der Waals surface area contributed by atoms with Gasteiger partial charge >= 0.3 is 0 Å². The SMILES string of the molecule is CCc1nc(NC)cc(SCC(C)CO)n1. The first-order chi connectivity index (χ1) is 7.69. The zero-order chi connectivity index (χ0) is 12.0. The second kappa shape index (κ2) is 6.70. The van der Waals surface area contributed by atoms with Crippen molar-refractivity contribution in [3.8, 4) is 0 Å². The van der Waals surface area contributed by atoms with Gasteiger partial charge in [-0.05, 0) is 5.92 Å². The minimum Gasteiger partial charge on any atom is -0.396 e. The number of aliphatic hydroxyl groups is 1. The number of aliphatic hydroxyl groups excluding tert-OH is 1. The number of rotatable bonds is 6. The Kier molecular flexibility index (Phi) is 5.55. The van der Waals surface area contributed by atoms with Gasteiger partial charge in [0.15, 0.2) is 0 Å². The van der Waals surface area contributed by atoms with Crippen molar-refractivity contribution in [3.05, 3.63) is 11.9 Å². The van der Waals surface area contributed by atoms with Crippen LogP contribution in [0, 0.1) is 5.92 Å². The number of nitrogens with one attached hydrogen (secondary N) is 1. The third-order valence-corrected chi connectivity index (χ3v) is 3.39. The van der Waals surface area contributed by atoms with Crippen molar-refractivity contribution >= 4 is 17.6 Å². The van der Waals surface area contributed by atoms with Crippen LogP contribution in [0.4, 0.5) is 5.82 Å². The van der Waals surface area contributed by atoms with Crippen molar-refractivity contribution in [1.82, 2.24) is 9.97 Å². The Morgan fingerprint density at radius 2 is 2.25 bits per heavy atom. The van der Waals surface area contributed by atoms with Crippen LogP contribution in [-0.2, 0) is 6.42 Å². The summed E-state index contributed by atoms with van der Waals surface area (Å²) in [4.78, 5) is 8.77. The molecular weight excluding hydrogens is 222 g/mol. The zero-order valence-corrected chi connectivity index (χ0v) is 10.8. The number of hydrogen-bond acceptors (Lipinski definition) is 5. The summed E-state index contributed by atoms with van der Waals surface area (Å²) in [6, 6.07) is 1.94. The van der Waals surface area contributed by atoms with Crippen LogP contribution < -0.4 is 5.32 Å². The van der Waals surface area contributed by atoms with Crippen LogP contribution in [0.5, 0.6) is 0 Å². The summed E-state index contributed by atoms with van der Waals surface area (Å²) in [5.41, 5.74) is 0. The highest BCUT2D eigenvalue weighted by Crippen LogP contribution is 2.21. The van der Waals surface area contributed by atoms with Gasteiger partial charge in [-0.15, -0.1) is 11.8 Å². The van der Waals surface area contributed by atoms with Crippen LogP contribution in [0.15, 0.2) is 11.1 Å². The van der Waals surface area contributed by atoms with Crippen molar-refractivity contribution in [3.63, 3.8) is 0 Å². The number of hydrogen-bond donors (Lipinski definition) is 2. The second-order valence-corrected chi connectivity index (χ2v) is 4.75. The molecule has 5 heteroatoms. The van der Waals surface area contributed by atoms with E-state index in [0.717, 1.165) is 28.8 Å². The monoisotopic (exact) mass is 241 g/mol. The van der Waals surface area contributed by atoms with Crippen molar-refractivity contribution in [1.29, 1.82) is 0 Å². The molecule has 90 valence electrons. The molecular formula is C11H19N3OS. The summed E-state index contributed by atoms with van der Waals surface area (Å²) in [6.45, 7) is 4.28. The Morgan fingerprint density at radius 1 is 1.50 bits per heavy atom. The van der Waals surface area contributed by atoms with E-state index in [4.69, 9.17) is 5.11 Å². The molecule has 0 bridgehead atoms. The predicted molar refractivity (Wildman–Crippen MR) is 67.9 cm³/mol. The minimum atomic E-state index is 0.220. The Morgan fingerprint density at radius 3 is 2.81 bits per heavy atom. The van der Waals surface area contributed by atoms with Crippen LogP contribution in [-0.4, -0.2) is 34.5 Å². The van der Waals surface area contributed by atoms with Crippen molar-refractivity contribution in [2.45, 2.75) is 25.3 Å². The topological polar surface area (TPSA) is 58.0 Å². The number of thioether (sulfide) groups is 1. The van der Waals surface area contributed by atoms with E-state index in [1.54, 1.807) is 11.8 Å². The summed E-state index contributed by atoms with van der Waals surface area (Å²) in [6.07, 6.45) is 0.832. The molecule has 0 aliphatic carbocycles. The molecule has 2 N–H and O–H groups in total. The Bertz CT molecular complexity index is 311. The van der Waals surface area contributed by atoms with E-state index >= 15 is 0 Å². The molecule has 1 atom stereocenters. The second-order valence-electron chi connectivity index (χ2n) is 3.71. The first-order valence-corrected chi connectivity index (χ1v) is 6.47. The first kappa shape index (κ1) is 13.3. The number of nitrogens with zero attached hydrogens (tertiary/aromatic N) is 2. The van der Waals surface area contributed by atoms with Crippen LogP contribution in [0.2, 0.25) is 0 Å². The smallest absolute Gasteiger partial charge is 0.131 e. The maximum absolute atomic E-state index is 8.96. The highest BCUT2D eigenvalue weighted by Gasteiger charge is 2.06. The molecule has 0 aliphatic heterocycles. The van der Waals surface area contributed by atoms with Gasteiger partial charge < -0.3 is 10.4 Å². The molecule has 1 aromatic heterocycles. The quantitative estimate of drug-likeness (QED) is 0.587. The van der Waals surface area contributed by atoms with E-state index in [1.807, 2.05) is 27.0 Å². The van der Waals surface area contributed by atoms with E-state index in [2.05, 4.69) is 15.3 Å². The van der Waals surface area contributed by atoms with Crippen LogP contribution in [0.3, 0.4) is 0 Å². The minimum absolute atomic E-state index is 0.220. The van der Waals surface area contributed by atoms with Crippen LogP contribution in [0.25, 0.3) is 0 Å². The fourth-order valence-electron chi connectivity index (χ4n) is 1.11. The van der Waals surface area contributed by atoms with Crippen molar-refractivity contribution in [2.75, 3.05) is 24.7 Å². The maximum atomic E-state index is 8.96. The van der Waals surface area contributed by atoms with E-state index < -0.39 is 0 Å². The molecule has 1 unspecified atom stereocenters. The number of aryl methyl sites for hydroxylation is 1. The Labute approximate surface area is 101 Å². The van der Waals surface area contributed by atoms with E-state index in [0.29, 0.717) is 5.92 Å². The molecule has 1 aromatic rings. The lowest BCUT2D eigenvalue weighted by Crippen LogP contribution is -2.05. The summed E-state index contributed by atoms with van der Waals surface area (Å²) in [7, 11) is 1.85. The van der Waals surface area contributed by atoms with Gasteiger partial charge in [-0.2, -0.15) is 0 Å². The normalized spacial score (nSPS) is 12.5. The van der Waals surface area contributed by atoms with Crippen LogP contribution >= 0.6 is 11.8 Å². The van der Waals surface area contributed by atoms with Gasteiger partial charge in [-0.1, -0.05) is 13.8 Å². The lowest BCUT2D eigenvalue weighted by Gasteiger charge is -2.09. The van der Waals surface area contributed by atoms with Crippen molar-refractivity contribution < 1.29 is 5.11 Å². The zero-order valence-electron chi connectivity index (χ0n) is 10.0. The standard InChI is InChI=1S/C11H19N3OS/c1-4-9-13-10(12-3)5-11(14-9)16-7-8(2)6-15/h5,8,15H,4,6-7H2,1-3H3,(H,12,13,14).